The van der Waals surface area contributed by atoms with Crippen molar-refractivity contribution in [3.63, 3.8) is 0 Å². The fourth-order valence-corrected chi connectivity index (χ4v) is 3.33. The Morgan fingerprint density at radius 3 is 2.62 bits per heavy atom. The van der Waals surface area contributed by atoms with Crippen LogP contribution in [0.3, 0.4) is 0 Å². The minimum Gasteiger partial charge on any atom is -0.492 e. The zero-order chi connectivity index (χ0) is 17.4. The van der Waals surface area contributed by atoms with Crippen LogP contribution in [0, 0.1) is 13.8 Å². The number of amides is 1. The molecule has 2 aromatic carbocycles. The van der Waals surface area contributed by atoms with Gasteiger partial charge in [-0.05, 0) is 54.8 Å². The molecule has 1 amide bonds. The van der Waals surface area contributed by atoms with Crippen molar-refractivity contribution in [1.82, 2.24) is 5.32 Å². The van der Waals surface area contributed by atoms with Crippen molar-refractivity contribution in [1.29, 1.82) is 0 Å². The highest BCUT2D eigenvalue weighted by molar-refractivity contribution is 7.99. The Kier molecular flexibility index (Phi) is 7.47. The molecule has 0 heterocycles. The summed E-state index contributed by atoms with van der Waals surface area (Å²) in [4.78, 5) is 11.8. The summed E-state index contributed by atoms with van der Waals surface area (Å²) in [5.41, 5.74) is 3.47. The average Bonchev–Trinajstić information content (AvgIpc) is 2.51. The molecular weight excluding hydrogens is 342 g/mol. The third kappa shape index (κ3) is 6.85. The molecule has 0 aliphatic heterocycles. The first-order valence-corrected chi connectivity index (χ1v) is 9.36. The highest BCUT2D eigenvalue weighted by atomic mass is 35.5. The van der Waals surface area contributed by atoms with Crippen molar-refractivity contribution in [2.24, 2.45) is 0 Å². The van der Waals surface area contributed by atoms with Gasteiger partial charge in [0.1, 0.15) is 12.4 Å². The number of halogens is 1. The van der Waals surface area contributed by atoms with E-state index in [-0.39, 0.29) is 5.91 Å². The van der Waals surface area contributed by atoms with Crippen molar-refractivity contribution in [2.75, 3.05) is 18.9 Å². The summed E-state index contributed by atoms with van der Waals surface area (Å²) >= 11 is 7.51. The minimum absolute atomic E-state index is 0.0195. The Balaban J connectivity index is 1.61. The van der Waals surface area contributed by atoms with E-state index in [0.29, 0.717) is 18.9 Å². The molecule has 0 spiro atoms. The number of rotatable bonds is 8. The van der Waals surface area contributed by atoms with Crippen LogP contribution in [0.4, 0.5) is 0 Å². The second kappa shape index (κ2) is 9.60. The molecule has 2 aromatic rings. The fourth-order valence-electron chi connectivity index (χ4n) is 2.31. The minimum atomic E-state index is 0.0195. The topological polar surface area (TPSA) is 38.3 Å². The number of carbonyl (C=O) groups excluding carboxylic acids is 1. The molecule has 0 fully saturated rings. The van der Waals surface area contributed by atoms with E-state index < -0.39 is 0 Å². The highest BCUT2D eigenvalue weighted by Gasteiger charge is 2.03. The first kappa shape index (κ1) is 18.7. The molecule has 0 aromatic heterocycles. The van der Waals surface area contributed by atoms with Crippen LogP contribution >= 0.6 is 23.4 Å². The molecule has 0 bridgehead atoms. The summed E-state index contributed by atoms with van der Waals surface area (Å²) in [6.07, 6.45) is 0. The summed E-state index contributed by atoms with van der Waals surface area (Å²) < 4.78 is 5.67. The summed E-state index contributed by atoms with van der Waals surface area (Å²) in [6, 6.07) is 13.8. The molecule has 0 unspecified atom stereocenters. The Bertz CT molecular complexity index is 671. The van der Waals surface area contributed by atoms with Gasteiger partial charge >= 0.3 is 0 Å². The number of nitrogens with one attached hydrogen (secondary N) is 1. The van der Waals surface area contributed by atoms with Crippen LogP contribution in [0.1, 0.15) is 16.7 Å². The van der Waals surface area contributed by atoms with Gasteiger partial charge < -0.3 is 10.1 Å². The van der Waals surface area contributed by atoms with E-state index in [0.717, 1.165) is 22.1 Å². The number of ether oxygens (including phenoxy) is 1. The number of hydrogen-bond acceptors (Lipinski definition) is 3. The lowest BCUT2D eigenvalue weighted by Crippen LogP contribution is -2.29. The Labute approximate surface area is 152 Å². The van der Waals surface area contributed by atoms with E-state index >= 15 is 0 Å². The van der Waals surface area contributed by atoms with E-state index in [1.807, 2.05) is 50.2 Å². The molecule has 0 saturated carbocycles. The maximum atomic E-state index is 11.8. The maximum absolute atomic E-state index is 11.8. The third-order valence-corrected chi connectivity index (χ3v) is 4.52. The number of carbonyl (C=O) groups is 1. The summed E-state index contributed by atoms with van der Waals surface area (Å²) in [6.45, 7) is 5.05. The van der Waals surface area contributed by atoms with E-state index in [1.54, 1.807) is 11.8 Å². The molecule has 128 valence electrons. The predicted octanol–water partition coefficient (Wildman–Crippen LogP) is 4.39. The second-order valence-corrected chi connectivity index (χ2v) is 7.07. The monoisotopic (exact) mass is 363 g/mol. The Morgan fingerprint density at radius 2 is 1.92 bits per heavy atom. The molecule has 5 heteroatoms. The normalized spacial score (nSPS) is 10.5. The van der Waals surface area contributed by atoms with Crippen LogP contribution in [0.15, 0.2) is 42.5 Å². The van der Waals surface area contributed by atoms with E-state index in [4.69, 9.17) is 16.3 Å². The van der Waals surface area contributed by atoms with Crippen LogP contribution in [0.5, 0.6) is 5.75 Å². The maximum Gasteiger partial charge on any atom is 0.230 e. The number of benzene rings is 2. The van der Waals surface area contributed by atoms with Gasteiger partial charge in [-0.1, -0.05) is 29.8 Å². The largest absolute Gasteiger partial charge is 0.492 e. The van der Waals surface area contributed by atoms with Gasteiger partial charge in [-0.3, -0.25) is 4.79 Å². The van der Waals surface area contributed by atoms with Crippen LogP contribution in [-0.2, 0) is 10.5 Å². The van der Waals surface area contributed by atoms with E-state index in [1.165, 1.54) is 11.1 Å². The molecule has 2 rings (SSSR count). The molecule has 0 radical (unpaired) electrons. The molecular formula is C19H22ClNO2S. The van der Waals surface area contributed by atoms with Gasteiger partial charge in [0.15, 0.2) is 0 Å². The van der Waals surface area contributed by atoms with E-state index in [2.05, 4.69) is 11.4 Å². The van der Waals surface area contributed by atoms with Crippen LogP contribution in [0.2, 0.25) is 5.02 Å². The molecule has 24 heavy (non-hydrogen) atoms. The molecule has 0 aliphatic rings. The standard InChI is InChI=1S/C19H22ClNO2S/c1-14-8-15(2)10-18(9-14)23-7-6-21-19(22)13-24-12-16-4-3-5-17(20)11-16/h3-5,8-11H,6-7,12-13H2,1-2H3,(H,21,22). The van der Waals surface area contributed by atoms with Crippen molar-refractivity contribution in [3.8, 4) is 5.75 Å². The van der Waals surface area contributed by atoms with Crippen LogP contribution in [0.25, 0.3) is 0 Å². The van der Waals surface area contributed by atoms with E-state index in [9.17, 15) is 4.79 Å². The number of hydrogen-bond donors (Lipinski definition) is 1. The van der Waals surface area contributed by atoms with Gasteiger partial charge in [-0.2, -0.15) is 0 Å². The predicted molar refractivity (Wildman–Crippen MR) is 102 cm³/mol. The molecule has 3 nitrogen and oxygen atoms in total. The molecule has 1 N–H and O–H groups in total. The first-order chi connectivity index (χ1) is 11.5. The van der Waals surface area contributed by atoms with Crippen LogP contribution in [-0.4, -0.2) is 24.8 Å². The SMILES string of the molecule is Cc1cc(C)cc(OCCNC(=O)CSCc2cccc(Cl)c2)c1. The smallest absolute Gasteiger partial charge is 0.230 e. The summed E-state index contributed by atoms with van der Waals surface area (Å²) in [7, 11) is 0. The lowest BCUT2D eigenvalue weighted by atomic mass is 10.1. The molecule has 0 atom stereocenters. The molecule has 0 saturated heterocycles. The zero-order valence-electron chi connectivity index (χ0n) is 14.0. The van der Waals surface area contributed by atoms with Crippen LogP contribution < -0.4 is 10.1 Å². The van der Waals surface area contributed by atoms with Gasteiger partial charge in [0, 0.05) is 10.8 Å². The van der Waals surface area contributed by atoms with Crippen molar-refractivity contribution >= 4 is 29.3 Å². The quantitative estimate of drug-likeness (QED) is 0.707. The van der Waals surface area contributed by atoms with Gasteiger partial charge in [-0.25, -0.2) is 0 Å². The van der Waals surface area contributed by atoms with Crippen molar-refractivity contribution in [3.05, 3.63) is 64.2 Å². The van der Waals surface area contributed by atoms with Gasteiger partial charge in [-0.15, -0.1) is 11.8 Å². The average molecular weight is 364 g/mol. The fraction of sp³-hybridized carbons (Fsp3) is 0.316. The Hall–Kier alpha value is -1.65. The molecule has 0 aliphatic carbocycles. The summed E-state index contributed by atoms with van der Waals surface area (Å²) in [5, 5.41) is 3.59. The van der Waals surface area contributed by atoms with Gasteiger partial charge in [0.2, 0.25) is 5.91 Å². The van der Waals surface area contributed by atoms with Gasteiger partial charge in [0.05, 0.1) is 12.3 Å². The number of thioether (sulfide) groups is 1. The highest BCUT2D eigenvalue weighted by Crippen LogP contribution is 2.17. The van der Waals surface area contributed by atoms with Gasteiger partial charge in [0.25, 0.3) is 0 Å². The zero-order valence-corrected chi connectivity index (χ0v) is 15.5. The lowest BCUT2D eigenvalue weighted by Gasteiger charge is -2.09. The number of aryl methyl sites for hydroxylation is 2. The third-order valence-electron chi connectivity index (χ3n) is 3.28. The van der Waals surface area contributed by atoms with Crippen molar-refractivity contribution in [2.45, 2.75) is 19.6 Å². The second-order valence-electron chi connectivity index (χ2n) is 5.64. The summed E-state index contributed by atoms with van der Waals surface area (Å²) in [5.74, 6) is 2.06. The van der Waals surface area contributed by atoms with Crippen molar-refractivity contribution < 1.29 is 9.53 Å². The Morgan fingerprint density at radius 1 is 1.17 bits per heavy atom. The first-order valence-electron chi connectivity index (χ1n) is 7.83. The lowest BCUT2D eigenvalue weighted by molar-refractivity contribution is -0.118.